The van der Waals surface area contributed by atoms with Gasteiger partial charge in [0.25, 0.3) is 0 Å². The number of urea groups is 1. The van der Waals surface area contributed by atoms with E-state index in [1.54, 1.807) is 0 Å². The van der Waals surface area contributed by atoms with Crippen LogP contribution in [0, 0.1) is 12.8 Å². The van der Waals surface area contributed by atoms with E-state index in [9.17, 15) is 4.79 Å². The van der Waals surface area contributed by atoms with Crippen LogP contribution in [0.3, 0.4) is 0 Å². The van der Waals surface area contributed by atoms with Crippen molar-refractivity contribution in [1.29, 1.82) is 0 Å². The van der Waals surface area contributed by atoms with Gasteiger partial charge in [-0.05, 0) is 25.3 Å². The molecule has 18 heavy (non-hydrogen) atoms. The van der Waals surface area contributed by atoms with Crippen LogP contribution in [-0.4, -0.2) is 18.9 Å². The van der Waals surface area contributed by atoms with E-state index in [-0.39, 0.29) is 18.3 Å². The molecule has 2 N–H and O–H groups in total. The number of carbonyl (C=O) groups excluding carboxylic acids is 1. The lowest BCUT2D eigenvalue weighted by atomic mass is 9.85. The first kappa shape index (κ1) is 11.5. The molecule has 4 nitrogen and oxygen atoms in total. The van der Waals surface area contributed by atoms with Gasteiger partial charge in [-0.2, -0.15) is 0 Å². The first-order valence-corrected chi connectivity index (χ1v) is 6.49. The fraction of sp³-hybridized carbons (Fsp3) is 0.500. The van der Waals surface area contributed by atoms with Crippen LogP contribution < -0.4 is 10.6 Å². The number of hydrogen-bond acceptors (Lipinski definition) is 2. The van der Waals surface area contributed by atoms with Crippen LogP contribution in [-0.2, 0) is 4.74 Å². The molecule has 0 bridgehead atoms. The number of fused-ring (bicyclic) bond motifs is 1. The Hall–Kier alpha value is -1.55. The summed E-state index contributed by atoms with van der Waals surface area (Å²) in [4.78, 5) is 11.7. The molecule has 3 rings (SSSR count). The summed E-state index contributed by atoms with van der Waals surface area (Å²) in [6.45, 7) is 2.80. The van der Waals surface area contributed by atoms with Crippen LogP contribution >= 0.6 is 0 Å². The number of ether oxygens (including phenoxy) is 1. The molecule has 3 atom stereocenters. The molecule has 0 saturated carbocycles. The van der Waals surface area contributed by atoms with Gasteiger partial charge in [-0.1, -0.05) is 29.8 Å². The van der Waals surface area contributed by atoms with Crippen molar-refractivity contribution >= 4 is 6.03 Å². The van der Waals surface area contributed by atoms with Gasteiger partial charge in [0.05, 0.1) is 6.04 Å². The molecule has 0 spiro atoms. The molecule has 2 aliphatic rings. The van der Waals surface area contributed by atoms with Crippen LogP contribution in [0.5, 0.6) is 0 Å². The van der Waals surface area contributed by atoms with Crippen LogP contribution in [0.15, 0.2) is 24.3 Å². The van der Waals surface area contributed by atoms with Crippen molar-refractivity contribution in [3.63, 3.8) is 0 Å². The van der Waals surface area contributed by atoms with Gasteiger partial charge >= 0.3 is 6.03 Å². The van der Waals surface area contributed by atoms with E-state index in [0.29, 0.717) is 5.92 Å². The van der Waals surface area contributed by atoms with Gasteiger partial charge in [-0.25, -0.2) is 4.79 Å². The normalized spacial score (nSPS) is 31.2. The second-order valence-electron chi connectivity index (χ2n) is 5.10. The number of hydrogen-bond donors (Lipinski definition) is 2. The molecule has 2 heterocycles. The molecule has 0 unspecified atom stereocenters. The molecule has 2 fully saturated rings. The summed E-state index contributed by atoms with van der Waals surface area (Å²) in [5.41, 5.74) is 2.39. The molecule has 96 valence electrons. The largest absolute Gasteiger partial charge is 0.358 e. The lowest BCUT2D eigenvalue weighted by molar-refractivity contribution is -0.0602. The molecule has 0 aromatic heterocycles. The zero-order chi connectivity index (χ0) is 12.5. The van der Waals surface area contributed by atoms with Gasteiger partial charge in [0.2, 0.25) is 0 Å². The summed E-state index contributed by atoms with van der Waals surface area (Å²) >= 11 is 0. The molecule has 2 amide bonds. The topological polar surface area (TPSA) is 50.4 Å². The highest BCUT2D eigenvalue weighted by Gasteiger charge is 2.39. The fourth-order valence-corrected chi connectivity index (χ4v) is 2.82. The molecule has 1 aromatic rings. The quantitative estimate of drug-likeness (QED) is 0.797. The fourth-order valence-electron chi connectivity index (χ4n) is 2.82. The van der Waals surface area contributed by atoms with E-state index in [1.807, 2.05) is 0 Å². The maximum Gasteiger partial charge on any atom is 0.317 e. The molecule has 0 radical (unpaired) electrons. The lowest BCUT2D eigenvalue weighted by Gasteiger charge is -2.41. The van der Waals surface area contributed by atoms with Crippen LogP contribution in [0.25, 0.3) is 0 Å². The third kappa shape index (κ3) is 2.08. The van der Waals surface area contributed by atoms with E-state index in [1.165, 1.54) is 5.56 Å². The number of benzene rings is 1. The summed E-state index contributed by atoms with van der Waals surface area (Å²) in [5, 5.41) is 5.88. The maximum atomic E-state index is 11.7. The summed E-state index contributed by atoms with van der Waals surface area (Å²) in [6.07, 6.45) is 2.00. The third-order valence-electron chi connectivity index (χ3n) is 3.79. The second kappa shape index (κ2) is 4.61. The predicted octanol–water partition coefficient (Wildman–Crippen LogP) is 2.10. The number of nitrogens with one attached hydrogen (secondary N) is 2. The molecular formula is C14H18N2O2. The average molecular weight is 246 g/mol. The summed E-state index contributed by atoms with van der Waals surface area (Å²) in [7, 11) is 0. The highest BCUT2D eigenvalue weighted by molar-refractivity contribution is 5.75. The predicted molar refractivity (Wildman–Crippen MR) is 68.1 cm³/mol. The highest BCUT2D eigenvalue weighted by Crippen LogP contribution is 2.34. The highest BCUT2D eigenvalue weighted by atomic mass is 16.5. The van der Waals surface area contributed by atoms with E-state index in [2.05, 4.69) is 41.8 Å². The summed E-state index contributed by atoms with van der Waals surface area (Å²) in [6, 6.07) is 8.28. The molecule has 2 aliphatic heterocycles. The van der Waals surface area contributed by atoms with Crippen molar-refractivity contribution in [2.45, 2.75) is 32.0 Å². The van der Waals surface area contributed by atoms with Gasteiger partial charge in [0.15, 0.2) is 0 Å². The molecular weight excluding hydrogens is 228 g/mol. The number of carbonyl (C=O) groups is 1. The first-order valence-electron chi connectivity index (χ1n) is 6.49. The van der Waals surface area contributed by atoms with Gasteiger partial charge in [0, 0.05) is 12.5 Å². The van der Waals surface area contributed by atoms with Crippen molar-refractivity contribution < 1.29 is 9.53 Å². The minimum atomic E-state index is -0.140. The Labute approximate surface area is 107 Å². The van der Waals surface area contributed by atoms with Crippen molar-refractivity contribution in [1.82, 2.24) is 10.6 Å². The first-order chi connectivity index (χ1) is 8.74. The summed E-state index contributed by atoms with van der Waals surface area (Å²) in [5.74, 6) is 0.319. The van der Waals surface area contributed by atoms with Crippen molar-refractivity contribution in [2.75, 3.05) is 6.61 Å². The Morgan fingerprint density at radius 1 is 1.22 bits per heavy atom. The van der Waals surface area contributed by atoms with Crippen LogP contribution in [0.1, 0.15) is 30.0 Å². The van der Waals surface area contributed by atoms with E-state index in [0.717, 1.165) is 25.0 Å². The average Bonchev–Trinajstić information content (AvgIpc) is 2.38. The van der Waals surface area contributed by atoms with Crippen molar-refractivity contribution in [3.05, 3.63) is 35.4 Å². The van der Waals surface area contributed by atoms with Gasteiger partial charge in [-0.3, -0.25) is 0 Å². The van der Waals surface area contributed by atoms with E-state index < -0.39 is 0 Å². The molecule has 1 aromatic carbocycles. The monoisotopic (exact) mass is 246 g/mol. The zero-order valence-corrected chi connectivity index (χ0v) is 10.5. The second-order valence-corrected chi connectivity index (χ2v) is 5.10. The van der Waals surface area contributed by atoms with Crippen molar-refractivity contribution in [3.8, 4) is 0 Å². The third-order valence-corrected chi connectivity index (χ3v) is 3.79. The number of rotatable bonds is 1. The number of amides is 2. The smallest absolute Gasteiger partial charge is 0.317 e. The van der Waals surface area contributed by atoms with Crippen molar-refractivity contribution in [2.24, 2.45) is 5.92 Å². The standard InChI is InChI=1S/C14H18N2O2/c1-9-4-6-10(7-5-9)12-11-3-2-8-18-13(11)16-14(17)15-12/h4-7,11-13H,2-3,8H2,1H3,(H2,15,16,17)/t11-,12-,13-/m0/s1. The summed E-state index contributed by atoms with van der Waals surface area (Å²) < 4.78 is 5.66. The van der Waals surface area contributed by atoms with Gasteiger partial charge in [0.1, 0.15) is 6.23 Å². The number of aryl methyl sites for hydroxylation is 1. The Bertz CT molecular complexity index is 444. The van der Waals surface area contributed by atoms with Gasteiger partial charge < -0.3 is 15.4 Å². The Balaban J connectivity index is 1.88. The minimum absolute atomic E-state index is 0.0599. The lowest BCUT2D eigenvalue weighted by Crippen LogP contribution is -2.58. The van der Waals surface area contributed by atoms with Crippen LogP contribution in [0.2, 0.25) is 0 Å². The molecule has 2 saturated heterocycles. The molecule has 4 heteroatoms. The van der Waals surface area contributed by atoms with Gasteiger partial charge in [-0.15, -0.1) is 0 Å². The Kier molecular flexibility index (Phi) is 2.96. The van der Waals surface area contributed by atoms with Crippen LogP contribution in [0.4, 0.5) is 4.79 Å². The van der Waals surface area contributed by atoms with E-state index in [4.69, 9.17) is 4.74 Å². The maximum absolute atomic E-state index is 11.7. The Morgan fingerprint density at radius 3 is 2.78 bits per heavy atom. The SMILES string of the molecule is Cc1ccc([C@@H]2NC(=O)N[C@H]3OCCC[C@H]32)cc1. The zero-order valence-electron chi connectivity index (χ0n) is 10.5. The molecule has 0 aliphatic carbocycles. The minimum Gasteiger partial charge on any atom is -0.358 e. The Morgan fingerprint density at radius 2 is 2.00 bits per heavy atom. The van der Waals surface area contributed by atoms with E-state index >= 15 is 0 Å².